The van der Waals surface area contributed by atoms with Crippen LogP contribution < -0.4 is 15.5 Å². The van der Waals surface area contributed by atoms with Crippen LogP contribution in [0.3, 0.4) is 0 Å². The monoisotopic (exact) mass is 534 g/mol. The van der Waals surface area contributed by atoms with E-state index in [1.165, 1.54) is 4.90 Å². The molecule has 4 rings (SSSR count). The number of benzene rings is 3. The maximum Gasteiger partial charge on any atom is 0.416 e. The molecule has 36 heavy (non-hydrogen) atoms. The highest BCUT2D eigenvalue weighted by atomic mass is 35.5. The van der Waals surface area contributed by atoms with Crippen LogP contribution in [0.1, 0.15) is 22.3 Å². The minimum absolute atomic E-state index is 0.0336. The second-order valence-electron chi connectivity index (χ2n) is 7.98. The van der Waals surface area contributed by atoms with Gasteiger partial charge in [0, 0.05) is 29.7 Å². The lowest BCUT2D eigenvalue weighted by Gasteiger charge is -2.22. The molecular formula is C25H19ClF4N4OS. The lowest BCUT2D eigenvalue weighted by molar-refractivity contribution is -0.137. The lowest BCUT2D eigenvalue weighted by Crippen LogP contribution is -2.49. The fraction of sp³-hybridized carbons (Fsp3) is 0.160. The average molecular weight is 535 g/mol. The first-order valence-corrected chi connectivity index (χ1v) is 11.4. The number of nitrogens with one attached hydrogen (secondary N) is 2. The van der Waals surface area contributed by atoms with E-state index >= 15 is 0 Å². The Labute approximate surface area is 214 Å². The topological polar surface area (TPSA) is 56.7 Å². The van der Waals surface area contributed by atoms with E-state index in [9.17, 15) is 22.4 Å². The van der Waals surface area contributed by atoms with Crippen molar-refractivity contribution in [2.75, 3.05) is 11.9 Å². The summed E-state index contributed by atoms with van der Waals surface area (Å²) >= 11 is 11.5. The summed E-state index contributed by atoms with van der Waals surface area (Å²) in [6, 6.07) is 16.5. The van der Waals surface area contributed by atoms with Gasteiger partial charge in [-0.1, -0.05) is 41.9 Å². The van der Waals surface area contributed by atoms with Crippen molar-refractivity contribution >= 4 is 46.2 Å². The number of hydrogen-bond acceptors (Lipinski definition) is 3. The number of hydrogen-bond donors (Lipinski definition) is 2. The molecule has 1 aliphatic heterocycles. The number of likely N-dealkylation sites (N-methyl/N-ethyl adjacent to an activating group) is 1. The van der Waals surface area contributed by atoms with Crippen LogP contribution in [-0.2, 0) is 17.5 Å². The molecule has 1 amide bonds. The van der Waals surface area contributed by atoms with Crippen LogP contribution in [0.2, 0.25) is 5.02 Å². The van der Waals surface area contributed by atoms with Gasteiger partial charge in [-0.05, 0) is 54.2 Å². The maximum atomic E-state index is 13.7. The number of anilines is 1. The minimum atomic E-state index is -4.69. The molecule has 1 heterocycles. The molecule has 0 radical (unpaired) electrons. The summed E-state index contributed by atoms with van der Waals surface area (Å²) in [4.78, 5) is 19.3. The predicted octanol–water partition coefficient (Wildman–Crippen LogP) is 5.30. The number of aliphatic imine (C=N–C) groups is 1. The molecule has 11 heteroatoms. The first-order chi connectivity index (χ1) is 17.0. The van der Waals surface area contributed by atoms with Crippen LogP contribution in [0.4, 0.5) is 23.2 Å². The summed E-state index contributed by atoms with van der Waals surface area (Å²) in [6.07, 6.45) is -5.83. The van der Waals surface area contributed by atoms with E-state index in [4.69, 9.17) is 23.8 Å². The number of carbonyl (C=O) groups is 1. The van der Waals surface area contributed by atoms with Crippen molar-refractivity contribution in [3.05, 3.63) is 99.8 Å². The van der Waals surface area contributed by atoms with Gasteiger partial charge in [-0.15, -0.1) is 0 Å². The summed E-state index contributed by atoms with van der Waals surface area (Å²) < 4.78 is 52.7. The number of thiocarbonyl (C=S) groups is 1. The largest absolute Gasteiger partial charge is 0.416 e. The molecule has 1 atom stereocenters. The minimum Gasteiger partial charge on any atom is -0.359 e. The molecule has 0 bridgehead atoms. The smallest absolute Gasteiger partial charge is 0.359 e. The van der Waals surface area contributed by atoms with Gasteiger partial charge in [0.2, 0.25) is 6.17 Å². The number of nitrogens with zero attached hydrogens (tertiary/aromatic N) is 2. The number of rotatable bonds is 4. The van der Waals surface area contributed by atoms with E-state index in [0.29, 0.717) is 28.1 Å². The number of benzodiazepines with no additional fused rings is 1. The molecule has 0 fully saturated rings. The summed E-state index contributed by atoms with van der Waals surface area (Å²) in [5, 5.41) is 5.95. The van der Waals surface area contributed by atoms with Crippen molar-refractivity contribution in [2.24, 2.45) is 4.99 Å². The van der Waals surface area contributed by atoms with Gasteiger partial charge >= 0.3 is 6.18 Å². The predicted molar refractivity (Wildman–Crippen MR) is 135 cm³/mol. The van der Waals surface area contributed by atoms with Gasteiger partial charge in [0.1, 0.15) is 5.82 Å². The molecule has 3 aromatic rings. The van der Waals surface area contributed by atoms with Crippen molar-refractivity contribution in [2.45, 2.75) is 18.9 Å². The molecule has 2 N–H and O–H groups in total. The molecule has 0 spiro atoms. The van der Waals surface area contributed by atoms with Gasteiger partial charge < -0.3 is 15.5 Å². The first-order valence-electron chi connectivity index (χ1n) is 10.6. The quantitative estimate of drug-likeness (QED) is 0.352. The maximum absolute atomic E-state index is 13.7. The summed E-state index contributed by atoms with van der Waals surface area (Å²) in [5.41, 5.74) is 1.42. The third kappa shape index (κ3) is 5.66. The Hall–Kier alpha value is -3.50. The SMILES string of the molecule is CN1C(=O)C(NC(=S)NCc2cc(F)cc(C(F)(F)F)c2)N=C(c2ccccc2)c2cc(Cl)ccc21. The fourth-order valence-electron chi connectivity index (χ4n) is 3.74. The molecule has 0 aliphatic carbocycles. The third-order valence-electron chi connectivity index (χ3n) is 5.45. The molecule has 1 aliphatic rings. The van der Waals surface area contributed by atoms with Crippen molar-refractivity contribution in [1.29, 1.82) is 0 Å². The van der Waals surface area contributed by atoms with Crippen LogP contribution in [0.25, 0.3) is 0 Å². The van der Waals surface area contributed by atoms with Gasteiger partial charge in [-0.2, -0.15) is 13.2 Å². The standard InChI is InChI=1S/C25H19ClF4N4OS/c1-34-20-8-7-17(26)12-19(20)21(15-5-3-2-4-6-15)32-22(23(34)35)33-24(36)31-13-14-9-16(25(28,29)30)11-18(27)10-14/h2-12,22H,13H2,1H3,(H2,31,33,36). The summed E-state index contributed by atoms with van der Waals surface area (Å²) in [6.45, 7) is -0.200. The number of alkyl halides is 3. The zero-order valence-corrected chi connectivity index (χ0v) is 20.3. The van der Waals surface area contributed by atoms with Crippen molar-refractivity contribution < 1.29 is 22.4 Å². The van der Waals surface area contributed by atoms with E-state index in [1.807, 2.05) is 30.3 Å². The van der Waals surface area contributed by atoms with Crippen LogP contribution in [0.15, 0.2) is 71.7 Å². The van der Waals surface area contributed by atoms with Crippen molar-refractivity contribution in [1.82, 2.24) is 10.6 Å². The molecule has 0 saturated carbocycles. The number of halogens is 5. The Balaban J connectivity index is 1.60. The van der Waals surface area contributed by atoms with E-state index in [1.54, 1.807) is 25.2 Å². The Morgan fingerprint density at radius 2 is 1.83 bits per heavy atom. The Morgan fingerprint density at radius 1 is 1.11 bits per heavy atom. The second kappa shape index (κ2) is 10.2. The van der Waals surface area contributed by atoms with E-state index in [-0.39, 0.29) is 17.2 Å². The number of amides is 1. The molecule has 0 saturated heterocycles. The van der Waals surface area contributed by atoms with E-state index in [2.05, 4.69) is 15.6 Å². The first kappa shape index (κ1) is 25.6. The highest BCUT2D eigenvalue weighted by molar-refractivity contribution is 7.80. The average Bonchev–Trinajstić information content (AvgIpc) is 2.93. The lowest BCUT2D eigenvalue weighted by atomic mass is 10.0. The number of fused-ring (bicyclic) bond motifs is 1. The molecule has 186 valence electrons. The molecule has 5 nitrogen and oxygen atoms in total. The Bertz CT molecular complexity index is 1350. The van der Waals surface area contributed by atoms with Gasteiger partial charge in [-0.3, -0.25) is 4.79 Å². The number of carbonyl (C=O) groups excluding carboxylic acids is 1. The van der Waals surface area contributed by atoms with Crippen LogP contribution >= 0.6 is 23.8 Å². The second-order valence-corrected chi connectivity index (χ2v) is 8.82. The zero-order chi connectivity index (χ0) is 26.0. The molecule has 0 aromatic heterocycles. The van der Waals surface area contributed by atoms with E-state index < -0.39 is 29.6 Å². The molecule has 1 unspecified atom stereocenters. The van der Waals surface area contributed by atoms with Gasteiger partial charge in [-0.25, -0.2) is 9.38 Å². The van der Waals surface area contributed by atoms with Gasteiger partial charge in [0.25, 0.3) is 5.91 Å². The molecule has 3 aromatic carbocycles. The van der Waals surface area contributed by atoms with Crippen LogP contribution in [0, 0.1) is 5.82 Å². The summed E-state index contributed by atoms with van der Waals surface area (Å²) in [7, 11) is 1.59. The van der Waals surface area contributed by atoms with Gasteiger partial charge in [0.05, 0.1) is 17.0 Å². The zero-order valence-electron chi connectivity index (χ0n) is 18.7. The van der Waals surface area contributed by atoms with Crippen LogP contribution in [0.5, 0.6) is 0 Å². The normalized spacial score (nSPS) is 15.6. The Kier molecular flexibility index (Phi) is 7.28. The van der Waals surface area contributed by atoms with Crippen molar-refractivity contribution in [3.8, 4) is 0 Å². The highest BCUT2D eigenvalue weighted by Gasteiger charge is 2.32. The third-order valence-corrected chi connectivity index (χ3v) is 5.95. The van der Waals surface area contributed by atoms with Gasteiger partial charge in [0.15, 0.2) is 5.11 Å². The highest BCUT2D eigenvalue weighted by Crippen LogP contribution is 2.31. The summed E-state index contributed by atoms with van der Waals surface area (Å²) in [5.74, 6) is -1.44. The van der Waals surface area contributed by atoms with Crippen molar-refractivity contribution in [3.63, 3.8) is 0 Å². The van der Waals surface area contributed by atoms with Crippen LogP contribution in [-0.4, -0.2) is 29.9 Å². The van der Waals surface area contributed by atoms with E-state index in [0.717, 1.165) is 17.7 Å². The molecular weight excluding hydrogens is 516 g/mol. The Morgan fingerprint density at radius 3 is 2.53 bits per heavy atom. The fourth-order valence-corrected chi connectivity index (χ4v) is 4.10.